The molecule has 0 heterocycles. The van der Waals surface area contributed by atoms with Crippen LogP contribution in [0.1, 0.15) is 28.3 Å². The Hall–Kier alpha value is -3.90. The van der Waals surface area contributed by atoms with Crippen molar-refractivity contribution in [3.8, 4) is 0 Å². The summed E-state index contributed by atoms with van der Waals surface area (Å²) in [5.41, 5.74) is 3.99. The molecule has 0 radical (unpaired) electrons. The minimum absolute atomic E-state index is 0.136. The topological polar surface area (TPSA) is 66.5 Å². The van der Waals surface area contributed by atoms with Crippen molar-refractivity contribution in [2.45, 2.75) is 24.8 Å². The molecule has 0 bridgehead atoms. The lowest BCUT2D eigenvalue weighted by atomic mass is 9.99. The maximum absolute atomic E-state index is 13.7. The van der Waals surface area contributed by atoms with Crippen LogP contribution in [0, 0.1) is 13.8 Å². The first kappa shape index (κ1) is 24.2. The van der Waals surface area contributed by atoms with Gasteiger partial charge in [0.2, 0.25) is 5.91 Å². The van der Waals surface area contributed by atoms with E-state index in [9.17, 15) is 13.2 Å². The van der Waals surface area contributed by atoms with Crippen LogP contribution >= 0.6 is 0 Å². The Labute approximate surface area is 207 Å². The van der Waals surface area contributed by atoms with Gasteiger partial charge in [-0.25, -0.2) is 8.42 Å². The summed E-state index contributed by atoms with van der Waals surface area (Å²) in [5, 5.41) is 3.06. The molecule has 4 aromatic carbocycles. The highest BCUT2D eigenvalue weighted by Gasteiger charge is 2.29. The molecule has 4 aromatic rings. The molecular weight excluding hydrogens is 456 g/mol. The zero-order chi connectivity index (χ0) is 24.8. The summed E-state index contributed by atoms with van der Waals surface area (Å²) >= 11 is 0. The predicted molar refractivity (Wildman–Crippen MR) is 140 cm³/mol. The van der Waals surface area contributed by atoms with Gasteiger partial charge < -0.3 is 5.32 Å². The highest BCUT2D eigenvalue weighted by atomic mass is 32.2. The molecule has 0 atom stereocenters. The smallest absolute Gasteiger partial charge is 0.264 e. The largest absolute Gasteiger partial charge is 0.344 e. The van der Waals surface area contributed by atoms with E-state index in [0.29, 0.717) is 5.69 Å². The minimum atomic E-state index is -3.98. The van der Waals surface area contributed by atoms with Gasteiger partial charge in [-0.05, 0) is 54.3 Å². The Bertz CT molecular complexity index is 1350. The van der Waals surface area contributed by atoms with Gasteiger partial charge in [0, 0.05) is 0 Å². The molecule has 0 fully saturated rings. The van der Waals surface area contributed by atoms with Crippen molar-refractivity contribution in [2.75, 3.05) is 10.8 Å². The molecule has 6 heteroatoms. The number of carbonyl (C=O) groups excluding carboxylic acids is 1. The van der Waals surface area contributed by atoms with Gasteiger partial charge in [-0.15, -0.1) is 0 Å². The third-order valence-corrected chi connectivity index (χ3v) is 7.60. The molecule has 1 N–H and O–H groups in total. The molecule has 0 saturated heterocycles. The van der Waals surface area contributed by atoms with E-state index < -0.39 is 22.0 Å². The van der Waals surface area contributed by atoms with E-state index >= 15 is 0 Å². The van der Waals surface area contributed by atoms with Crippen LogP contribution in [-0.4, -0.2) is 20.9 Å². The summed E-state index contributed by atoms with van der Waals surface area (Å²) in [6.45, 7) is 3.39. The van der Waals surface area contributed by atoms with Crippen molar-refractivity contribution in [1.29, 1.82) is 0 Å². The van der Waals surface area contributed by atoms with Crippen LogP contribution < -0.4 is 9.62 Å². The number of nitrogens with zero attached hydrogens (tertiary/aromatic N) is 1. The number of aryl methyl sites for hydroxylation is 2. The molecule has 0 spiro atoms. The highest BCUT2D eigenvalue weighted by Crippen LogP contribution is 2.28. The second-order valence-corrected chi connectivity index (χ2v) is 10.3. The predicted octanol–water partition coefficient (Wildman–Crippen LogP) is 5.40. The van der Waals surface area contributed by atoms with E-state index in [-0.39, 0.29) is 11.4 Å². The van der Waals surface area contributed by atoms with E-state index in [2.05, 4.69) is 5.32 Å². The normalized spacial score (nSPS) is 11.3. The van der Waals surface area contributed by atoms with Crippen molar-refractivity contribution >= 4 is 21.6 Å². The second kappa shape index (κ2) is 10.6. The van der Waals surface area contributed by atoms with Gasteiger partial charge in [0.25, 0.3) is 10.0 Å². The third-order valence-electron chi connectivity index (χ3n) is 5.82. The molecule has 0 aliphatic carbocycles. The monoisotopic (exact) mass is 484 g/mol. The number of rotatable bonds is 8. The number of hydrogen-bond acceptors (Lipinski definition) is 3. The highest BCUT2D eigenvalue weighted by molar-refractivity contribution is 7.92. The fraction of sp³-hybridized carbons (Fsp3) is 0.138. The quantitative estimate of drug-likeness (QED) is 0.364. The van der Waals surface area contributed by atoms with Crippen molar-refractivity contribution in [3.05, 3.63) is 131 Å². The van der Waals surface area contributed by atoms with Gasteiger partial charge >= 0.3 is 0 Å². The minimum Gasteiger partial charge on any atom is -0.344 e. The van der Waals surface area contributed by atoms with Crippen LogP contribution in [0.15, 0.2) is 114 Å². The molecule has 5 nitrogen and oxygen atoms in total. The maximum atomic E-state index is 13.7. The number of nitrogens with one attached hydrogen (secondary N) is 1. The molecule has 0 aliphatic rings. The molecule has 0 saturated carbocycles. The van der Waals surface area contributed by atoms with Crippen molar-refractivity contribution in [3.63, 3.8) is 0 Å². The van der Waals surface area contributed by atoms with E-state index in [1.165, 1.54) is 4.31 Å². The number of carbonyl (C=O) groups is 1. The zero-order valence-electron chi connectivity index (χ0n) is 19.8. The van der Waals surface area contributed by atoms with Crippen LogP contribution in [0.25, 0.3) is 0 Å². The summed E-state index contributed by atoms with van der Waals surface area (Å²) < 4.78 is 28.6. The van der Waals surface area contributed by atoms with Crippen LogP contribution in [0.2, 0.25) is 0 Å². The van der Waals surface area contributed by atoms with E-state index in [1.54, 1.807) is 36.4 Å². The molecule has 35 heavy (non-hydrogen) atoms. The number of amides is 1. The SMILES string of the molecule is Cc1ccc(C)c(N(CC(=O)NC(c2ccccc2)c2ccccc2)S(=O)(=O)c2ccccc2)c1. The average molecular weight is 485 g/mol. The third kappa shape index (κ3) is 5.61. The number of sulfonamides is 1. The standard InChI is InChI=1S/C29H28N2O3S/c1-22-18-19-23(2)27(20-22)31(35(33,34)26-16-10-5-11-17-26)21-28(32)30-29(24-12-6-3-7-13-24)25-14-8-4-9-15-25/h3-20,29H,21H2,1-2H3,(H,30,32). The molecule has 178 valence electrons. The molecule has 1 amide bonds. The van der Waals surface area contributed by atoms with Crippen LogP contribution in [-0.2, 0) is 14.8 Å². The van der Waals surface area contributed by atoms with Gasteiger partial charge in [0.15, 0.2) is 0 Å². The zero-order valence-corrected chi connectivity index (χ0v) is 20.6. The lowest BCUT2D eigenvalue weighted by Crippen LogP contribution is -2.42. The van der Waals surface area contributed by atoms with Crippen molar-refractivity contribution < 1.29 is 13.2 Å². The Morgan fingerprint density at radius 2 is 1.29 bits per heavy atom. The Kier molecular flexibility index (Phi) is 7.32. The fourth-order valence-corrected chi connectivity index (χ4v) is 5.49. The number of anilines is 1. The summed E-state index contributed by atoms with van der Waals surface area (Å²) in [6, 6.07) is 32.7. The van der Waals surface area contributed by atoms with Gasteiger partial charge in [-0.2, -0.15) is 0 Å². The first-order chi connectivity index (χ1) is 16.9. The van der Waals surface area contributed by atoms with Crippen LogP contribution in [0.3, 0.4) is 0 Å². The Balaban J connectivity index is 1.71. The van der Waals surface area contributed by atoms with Crippen molar-refractivity contribution in [2.24, 2.45) is 0 Å². The summed E-state index contributed by atoms with van der Waals surface area (Å²) in [5.74, 6) is -0.400. The summed E-state index contributed by atoms with van der Waals surface area (Å²) in [4.78, 5) is 13.6. The molecule has 0 aromatic heterocycles. The first-order valence-corrected chi connectivity index (χ1v) is 12.8. The first-order valence-electron chi connectivity index (χ1n) is 11.4. The number of hydrogen-bond donors (Lipinski definition) is 1. The van der Waals surface area contributed by atoms with Gasteiger partial charge in [-0.3, -0.25) is 9.10 Å². The summed E-state index contributed by atoms with van der Waals surface area (Å²) in [7, 11) is -3.98. The van der Waals surface area contributed by atoms with Gasteiger partial charge in [-0.1, -0.05) is 91.0 Å². The molecule has 4 rings (SSSR count). The van der Waals surface area contributed by atoms with Crippen LogP contribution in [0.5, 0.6) is 0 Å². The average Bonchev–Trinajstić information content (AvgIpc) is 2.89. The fourth-order valence-electron chi connectivity index (χ4n) is 3.99. The maximum Gasteiger partial charge on any atom is 0.264 e. The van der Waals surface area contributed by atoms with Gasteiger partial charge in [0.05, 0.1) is 16.6 Å². The second-order valence-electron chi connectivity index (χ2n) is 8.44. The number of benzene rings is 4. The Morgan fingerprint density at radius 3 is 1.83 bits per heavy atom. The van der Waals surface area contributed by atoms with E-state index in [4.69, 9.17) is 0 Å². The molecular formula is C29H28N2O3S. The van der Waals surface area contributed by atoms with Crippen LogP contribution in [0.4, 0.5) is 5.69 Å². The van der Waals surface area contributed by atoms with Gasteiger partial charge in [0.1, 0.15) is 6.54 Å². The lowest BCUT2D eigenvalue weighted by molar-refractivity contribution is -0.120. The Morgan fingerprint density at radius 1 is 0.771 bits per heavy atom. The van der Waals surface area contributed by atoms with E-state index in [0.717, 1.165) is 22.3 Å². The molecule has 0 unspecified atom stereocenters. The lowest BCUT2D eigenvalue weighted by Gasteiger charge is -2.27. The van der Waals surface area contributed by atoms with E-state index in [1.807, 2.05) is 86.6 Å². The van der Waals surface area contributed by atoms with Crippen molar-refractivity contribution in [1.82, 2.24) is 5.32 Å². The molecule has 0 aliphatic heterocycles. The summed E-state index contributed by atoms with van der Waals surface area (Å²) in [6.07, 6.45) is 0.